The number of carboxylic acids is 1. The van der Waals surface area contributed by atoms with Gasteiger partial charge >= 0.3 is 5.97 Å². The lowest BCUT2D eigenvalue weighted by Crippen LogP contribution is -2.52. The van der Waals surface area contributed by atoms with Crippen molar-refractivity contribution >= 4 is 22.8 Å². The molecule has 0 aromatic carbocycles. The van der Waals surface area contributed by atoms with Gasteiger partial charge in [0.1, 0.15) is 12.1 Å². The highest BCUT2D eigenvalue weighted by molar-refractivity contribution is 5.87. The zero-order chi connectivity index (χ0) is 18.2. The summed E-state index contributed by atoms with van der Waals surface area (Å²) in [5.41, 5.74) is 0.701. The summed E-state index contributed by atoms with van der Waals surface area (Å²) in [5, 5.41) is 14.3. The smallest absolute Gasteiger partial charge is 0.304 e. The molecule has 0 radical (unpaired) electrons. The summed E-state index contributed by atoms with van der Waals surface area (Å²) in [4.78, 5) is 24.2. The van der Waals surface area contributed by atoms with Crippen molar-refractivity contribution in [1.82, 2.24) is 24.6 Å². The van der Waals surface area contributed by atoms with Crippen LogP contribution in [-0.4, -0.2) is 67.9 Å². The van der Waals surface area contributed by atoms with Gasteiger partial charge < -0.3 is 10.0 Å². The van der Waals surface area contributed by atoms with Gasteiger partial charge in [-0.3, -0.25) is 9.69 Å². The van der Waals surface area contributed by atoms with Crippen molar-refractivity contribution in [2.45, 2.75) is 45.7 Å². The number of carbonyl (C=O) groups is 1. The van der Waals surface area contributed by atoms with Crippen LogP contribution < -0.4 is 4.90 Å². The minimum absolute atomic E-state index is 0.144. The molecular weight excluding hydrogens is 320 g/mol. The predicted molar refractivity (Wildman–Crippen MR) is 95.8 cm³/mol. The molecule has 1 unspecified atom stereocenters. The molecule has 1 N–H and O–H groups in total. The molecule has 3 rings (SSSR count). The van der Waals surface area contributed by atoms with E-state index < -0.39 is 5.97 Å². The van der Waals surface area contributed by atoms with E-state index in [-0.39, 0.29) is 18.0 Å². The summed E-state index contributed by atoms with van der Waals surface area (Å²) in [6.07, 6.45) is 3.63. The second-order valence-corrected chi connectivity index (χ2v) is 7.65. The Hall–Kier alpha value is -2.22. The van der Waals surface area contributed by atoms with Crippen LogP contribution in [0.3, 0.4) is 0 Å². The summed E-state index contributed by atoms with van der Waals surface area (Å²) in [5.74, 6) is 0.160. The molecule has 25 heavy (non-hydrogen) atoms. The van der Waals surface area contributed by atoms with Crippen LogP contribution in [0.25, 0.3) is 11.0 Å². The van der Waals surface area contributed by atoms with E-state index in [1.165, 1.54) is 0 Å². The molecule has 0 bridgehead atoms. The summed E-state index contributed by atoms with van der Waals surface area (Å²) < 4.78 is 1.93. The van der Waals surface area contributed by atoms with Crippen LogP contribution >= 0.6 is 0 Å². The van der Waals surface area contributed by atoms with E-state index in [1.807, 2.05) is 10.9 Å². The molecule has 136 valence electrons. The maximum absolute atomic E-state index is 10.8. The number of nitrogens with zero attached hydrogens (tertiary/aromatic N) is 6. The SMILES string of the molecule is CC1CN(CCC(=O)O)CCN1c1ncnc2c1cnn2C(C)(C)C. The number of fused-ring (bicyclic) bond motifs is 1. The highest BCUT2D eigenvalue weighted by Gasteiger charge is 2.28. The molecule has 1 fully saturated rings. The van der Waals surface area contributed by atoms with Gasteiger partial charge in [-0.2, -0.15) is 5.10 Å². The molecule has 1 saturated heterocycles. The second-order valence-electron chi connectivity index (χ2n) is 7.65. The van der Waals surface area contributed by atoms with Crippen molar-refractivity contribution in [1.29, 1.82) is 0 Å². The molecule has 3 heterocycles. The van der Waals surface area contributed by atoms with Crippen molar-refractivity contribution in [3.8, 4) is 0 Å². The van der Waals surface area contributed by atoms with Gasteiger partial charge in [-0.15, -0.1) is 0 Å². The number of piperazine rings is 1. The first-order chi connectivity index (χ1) is 11.8. The Morgan fingerprint density at radius 2 is 2.08 bits per heavy atom. The van der Waals surface area contributed by atoms with Gasteiger partial charge in [0.25, 0.3) is 0 Å². The van der Waals surface area contributed by atoms with Gasteiger partial charge in [0.2, 0.25) is 0 Å². The zero-order valence-corrected chi connectivity index (χ0v) is 15.3. The molecule has 1 aliphatic rings. The lowest BCUT2D eigenvalue weighted by atomic mass is 10.1. The van der Waals surface area contributed by atoms with E-state index in [0.29, 0.717) is 6.54 Å². The molecular formula is C17H26N6O2. The third kappa shape index (κ3) is 3.58. The van der Waals surface area contributed by atoms with Crippen molar-refractivity contribution in [3.05, 3.63) is 12.5 Å². The Balaban J connectivity index is 1.83. The van der Waals surface area contributed by atoms with Crippen LogP contribution in [0.1, 0.15) is 34.1 Å². The first-order valence-electron chi connectivity index (χ1n) is 8.67. The van der Waals surface area contributed by atoms with E-state index >= 15 is 0 Å². The number of rotatable bonds is 4. The highest BCUT2D eigenvalue weighted by atomic mass is 16.4. The van der Waals surface area contributed by atoms with Gasteiger partial charge in [0, 0.05) is 32.2 Å². The largest absolute Gasteiger partial charge is 0.481 e. The van der Waals surface area contributed by atoms with E-state index in [0.717, 1.165) is 36.5 Å². The average molecular weight is 346 g/mol. The quantitative estimate of drug-likeness (QED) is 0.899. The van der Waals surface area contributed by atoms with Gasteiger partial charge in [0.15, 0.2) is 5.65 Å². The Morgan fingerprint density at radius 3 is 2.72 bits per heavy atom. The van der Waals surface area contributed by atoms with Crippen LogP contribution in [-0.2, 0) is 10.3 Å². The monoisotopic (exact) mass is 346 g/mol. The number of aliphatic carboxylic acids is 1. The first-order valence-corrected chi connectivity index (χ1v) is 8.67. The van der Waals surface area contributed by atoms with Crippen LogP contribution in [0, 0.1) is 0 Å². The lowest BCUT2D eigenvalue weighted by Gasteiger charge is -2.40. The molecule has 8 nitrogen and oxygen atoms in total. The Bertz CT molecular complexity index is 766. The molecule has 0 saturated carbocycles. The van der Waals surface area contributed by atoms with E-state index in [4.69, 9.17) is 5.11 Å². The number of hydrogen-bond donors (Lipinski definition) is 1. The predicted octanol–water partition coefficient (Wildman–Crippen LogP) is 1.57. The third-order valence-corrected chi connectivity index (χ3v) is 4.61. The minimum Gasteiger partial charge on any atom is -0.481 e. The fraction of sp³-hybridized carbons (Fsp3) is 0.647. The second kappa shape index (κ2) is 6.59. The van der Waals surface area contributed by atoms with Crippen molar-refractivity contribution in [2.75, 3.05) is 31.1 Å². The molecule has 8 heteroatoms. The van der Waals surface area contributed by atoms with Crippen LogP contribution in [0.5, 0.6) is 0 Å². The normalized spacial score (nSPS) is 19.5. The maximum atomic E-state index is 10.8. The van der Waals surface area contributed by atoms with Crippen LogP contribution in [0.4, 0.5) is 5.82 Å². The Morgan fingerprint density at radius 1 is 1.32 bits per heavy atom. The van der Waals surface area contributed by atoms with Gasteiger partial charge in [0.05, 0.1) is 23.5 Å². The molecule has 1 atom stereocenters. The number of aromatic nitrogens is 4. The van der Waals surface area contributed by atoms with Gasteiger partial charge in [-0.05, 0) is 27.7 Å². The summed E-state index contributed by atoms with van der Waals surface area (Å²) >= 11 is 0. The summed E-state index contributed by atoms with van der Waals surface area (Å²) in [6.45, 7) is 11.5. The summed E-state index contributed by atoms with van der Waals surface area (Å²) in [7, 11) is 0. The first kappa shape index (κ1) is 17.6. The van der Waals surface area contributed by atoms with Crippen LogP contribution in [0.2, 0.25) is 0 Å². The molecule has 0 aliphatic carbocycles. The number of carboxylic acid groups (broad SMARTS) is 1. The molecule has 2 aromatic heterocycles. The number of hydrogen-bond acceptors (Lipinski definition) is 6. The third-order valence-electron chi connectivity index (χ3n) is 4.61. The minimum atomic E-state index is -0.748. The summed E-state index contributed by atoms with van der Waals surface area (Å²) in [6, 6.07) is 0.249. The highest BCUT2D eigenvalue weighted by Crippen LogP contribution is 2.28. The van der Waals surface area contributed by atoms with Crippen molar-refractivity contribution < 1.29 is 9.90 Å². The lowest BCUT2D eigenvalue weighted by molar-refractivity contribution is -0.137. The standard InChI is InChI=1S/C17H26N6O2/c1-12-10-21(6-5-14(24)25)7-8-22(12)15-13-9-20-23(17(2,3)4)16(13)19-11-18-15/h9,11-12H,5-8,10H2,1-4H3,(H,24,25). The van der Waals surface area contributed by atoms with Crippen LogP contribution in [0.15, 0.2) is 12.5 Å². The van der Waals surface area contributed by atoms with E-state index in [1.54, 1.807) is 6.33 Å². The van der Waals surface area contributed by atoms with E-state index in [2.05, 4.69) is 52.6 Å². The molecule has 0 amide bonds. The fourth-order valence-electron chi connectivity index (χ4n) is 3.36. The average Bonchev–Trinajstić information content (AvgIpc) is 2.97. The zero-order valence-electron chi connectivity index (χ0n) is 15.3. The molecule has 2 aromatic rings. The fourth-order valence-corrected chi connectivity index (χ4v) is 3.36. The van der Waals surface area contributed by atoms with Crippen molar-refractivity contribution in [2.24, 2.45) is 0 Å². The Labute approximate surface area is 147 Å². The van der Waals surface area contributed by atoms with Gasteiger partial charge in [-0.25, -0.2) is 14.6 Å². The van der Waals surface area contributed by atoms with E-state index in [9.17, 15) is 4.79 Å². The van der Waals surface area contributed by atoms with Crippen molar-refractivity contribution in [3.63, 3.8) is 0 Å². The Kier molecular flexibility index (Phi) is 4.64. The molecule has 1 aliphatic heterocycles. The molecule has 0 spiro atoms. The number of anilines is 1. The van der Waals surface area contributed by atoms with Gasteiger partial charge in [-0.1, -0.05) is 0 Å². The maximum Gasteiger partial charge on any atom is 0.304 e. The topological polar surface area (TPSA) is 87.4 Å².